The normalized spacial score (nSPS) is 16.0. The van der Waals surface area contributed by atoms with Crippen LogP contribution in [-0.2, 0) is 4.74 Å². The summed E-state index contributed by atoms with van der Waals surface area (Å²) in [6.07, 6.45) is 2.32. The van der Waals surface area contributed by atoms with Crippen LogP contribution in [0.1, 0.15) is 19.8 Å². The minimum Gasteiger partial charge on any atom is -0.394 e. The predicted molar refractivity (Wildman–Crippen MR) is 81.8 cm³/mol. The van der Waals surface area contributed by atoms with Crippen molar-refractivity contribution in [3.8, 4) is 0 Å². The van der Waals surface area contributed by atoms with Crippen molar-refractivity contribution in [3.05, 3.63) is 0 Å². The van der Waals surface area contributed by atoms with E-state index in [1.54, 1.807) is 7.11 Å². The lowest BCUT2D eigenvalue weighted by Gasteiger charge is -2.19. The fraction of sp³-hybridized carbons (Fsp3) is 0.769. The van der Waals surface area contributed by atoms with Gasteiger partial charge in [-0.2, -0.15) is 15.0 Å². The average molecular weight is 296 g/mol. The zero-order chi connectivity index (χ0) is 15.1. The molecule has 1 saturated heterocycles. The van der Waals surface area contributed by atoms with E-state index in [4.69, 9.17) is 4.74 Å². The van der Waals surface area contributed by atoms with Crippen molar-refractivity contribution in [1.29, 1.82) is 0 Å². The second-order valence-electron chi connectivity index (χ2n) is 4.99. The van der Waals surface area contributed by atoms with E-state index in [0.29, 0.717) is 24.5 Å². The van der Waals surface area contributed by atoms with Gasteiger partial charge in [-0.3, -0.25) is 0 Å². The van der Waals surface area contributed by atoms with E-state index in [-0.39, 0.29) is 12.6 Å². The molecule has 1 fully saturated rings. The number of aromatic nitrogens is 3. The Morgan fingerprint density at radius 1 is 1.24 bits per heavy atom. The van der Waals surface area contributed by atoms with E-state index < -0.39 is 0 Å². The summed E-state index contributed by atoms with van der Waals surface area (Å²) >= 11 is 0. The highest BCUT2D eigenvalue weighted by Gasteiger charge is 2.18. The topological polar surface area (TPSA) is 95.4 Å². The lowest BCUT2D eigenvalue weighted by atomic mass is 10.3. The summed E-state index contributed by atoms with van der Waals surface area (Å²) in [6, 6.07) is -0.238. The highest BCUT2D eigenvalue weighted by Crippen LogP contribution is 2.18. The van der Waals surface area contributed by atoms with Crippen molar-refractivity contribution in [1.82, 2.24) is 15.0 Å². The van der Waals surface area contributed by atoms with Crippen molar-refractivity contribution in [2.45, 2.75) is 25.8 Å². The standard InChI is InChI=1S/C13H24N6O2/c1-3-14-11-16-12(15-10(8-20)9-21-2)18-13(17-11)19-6-4-5-7-19/h10,20H,3-9H2,1-2H3,(H2,14,15,16,17,18). The Balaban J connectivity index is 2.17. The molecule has 1 aliphatic rings. The van der Waals surface area contributed by atoms with E-state index in [0.717, 1.165) is 32.5 Å². The molecule has 1 aromatic rings. The molecule has 0 bridgehead atoms. The quantitative estimate of drug-likeness (QED) is 0.631. The van der Waals surface area contributed by atoms with Gasteiger partial charge in [-0.1, -0.05) is 0 Å². The van der Waals surface area contributed by atoms with Crippen molar-refractivity contribution in [2.24, 2.45) is 0 Å². The van der Waals surface area contributed by atoms with Crippen LogP contribution >= 0.6 is 0 Å². The number of hydrogen-bond acceptors (Lipinski definition) is 8. The van der Waals surface area contributed by atoms with E-state index in [1.807, 2.05) is 6.92 Å². The minimum absolute atomic E-state index is 0.0465. The van der Waals surface area contributed by atoms with Gasteiger partial charge in [-0.05, 0) is 19.8 Å². The minimum atomic E-state index is -0.238. The summed E-state index contributed by atoms with van der Waals surface area (Å²) in [4.78, 5) is 15.4. The van der Waals surface area contributed by atoms with E-state index in [9.17, 15) is 5.11 Å². The number of aliphatic hydroxyl groups excluding tert-OH is 1. The van der Waals surface area contributed by atoms with Crippen molar-refractivity contribution >= 4 is 17.8 Å². The number of anilines is 3. The zero-order valence-corrected chi connectivity index (χ0v) is 12.7. The molecule has 0 spiro atoms. The Hall–Kier alpha value is -1.67. The molecular formula is C13H24N6O2. The molecule has 0 aromatic carbocycles. The highest BCUT2D eigenvalue weighted by molar-refractivity contribution is 5.44. The van der Waals surface area contributed by atoms with Crippen LogP contribution < -0.4 is 15.5 Å². The third kappa shape index (κ3) is 4.40. The fourth-order valence-corrected chi connectivity index (χ4v) is 2.25. The molecule has 0 aliphatic carbocycles. The predicted octanol–water partition coefficient (Wildman–Crippen LogP) is 0.323. The molecule has 2 heterocycles. The first-order valence-electron chi connectivity index (χ1n) is 7.38. The van der Waals surface area contributed by atoms with Gasteiger partial charge in [0.25, 0.3) is 0 Å². The molecule has 1 aromatic heterocycles. The summed E-state index contributed by atoms with van der Waals surface area (Å²) < 4.78 is 5.06. The first-order chi connectivity index (χ1) is 10.3. The maximum Gasteiger partial charge on any atom is 0.231 e. The lowest BCUT2D eigenvalue weighted by molar-refractivity contribution is 0.153. The smallest absolute Gasteiger partial charge is 0.231 e. The first-order valence-corrected chi connectivity index (χ1v) is 7.38. The van der Waals surface area contributed by atoms with Gasteiger partial charge in [0, 0.05) is 26.7 Å². The second-order valence-corrected chi connectivity index (χ2v) is 4.99. The molecule has 0 amide bonds. The van der Waals surface area contributed by atoms with Crippen LogP contribution in [-0.4, -0.2) is 66.1 Å². The maximum atomic E-state index is 9.33. The van der Waals surface area contributed by atoms with Crippen molar-refractivity contribution in [2.75, 3.05) is 55.5 Å². The largest absolute Gasteiger partial charge is 0.394 e. The van der Waals surface area contributed by atoms with Crippen LogP contribution in [0.15, 0.2) is 0 Å². The molecule has 21 heavy (non-hydrogen) atoms. The van der Waals surface area contributed by atoms with Crippen LogP contribution in [0.4, 0.5) is 17.8 Å². The molecule has 8 nitrogen and oxygen atoms in total. The third-order valence-corrected chi connectivity index (χ3v) is 3.27. The van der Waals surface area contributed by atoms with Crippen LogP contribution in [0.3, 0.4) is 0 Å². The number of methoxy groups -OCH3 is 1. The molecule has 8 heteroatoms. The van der Waals surface area contributed by atoms with Crippen LogP contribution in [0.5, 0.6) is 0 Å². The number of nitrogens with zero attached hydrogens (tertiary/aromatic N) is 4. The van der Waals surface area contributed by atoms with Gasteiger partial charge in [-0.25, -0.2) is 0 Å². The zero-order valence-electron chi connectivity index (χ0n) is 12.7. The number of hydrogen-bond donors (Lipinski definition) is 3. The van der Waals surface area contributed by atoms with Crippen molar-refractivity contribution in [3.63, 3.8) is 0 Å². The number of rotatable bonds is 8. The Bertz CT molecular complexity index is 439. The summed E-state index contributed by atoms with van der Waals surface area (Å²) in [5.41, 5.74) is 0. The summed E-state index contributed by atoms with van der Waals surface area (Å²) in [7, 11) is 1.59. The van der Waals surface area contributed by atoms with Crippen molar-refractivity contribution < 1.29 is 9.84 Å². The van der Waals surface area contributed by atoms with Crippen LogP contribution in [0, 0.1) is 0 Å². The molecular weight excluding hydrogens is 272 g/mol. The van der Waals surface area contributed by atoms with E-state index >= 15 is 0 Å². The van der Waals surface area contributed by atoms with Crippen LogP contribution in [0.25, 0.3) is 0 Å². The van der Waals surface area contributed by atoms with E-state index in [2.05, 4.69) is 30.5 Å². The molecule has 0 radical (unpaired) electrons. The molecule has 0 saturated carbocycles. The van der Waals surface area contributed by atoms with Gasteiger partial charge in [0.05, 0.1) is 19.3 Å². The lowest BCUT2D eigenvalue weighted by Crippen LogP contribution is -2.30. The number of ether oxygens (including phenoxy) is 1. The number of nitrogens with one attached hydrogen (secondary N) is 2. The van der Waals surface area contributed by atoms with Gasteiger partial charge < -0.3 is 25.4 Å². The summed E-state index contributed by atoms with van der Waals surface area (Å²) in [6.45, 7) is 5.01. The van der Waals surface area contributed by atoms with Gasteiger partial charge in [0.1, 0.15) is 0 Å². The molecule has 2 rings (SSSR count). The average Bonchev–Trinajstić information content (AvgIpc) is 3.01. The molecule has 3 N–H and O–H groups in total. The van der Waals surface area contributed by atoms with Gasteiger partial charge in [-0.15, -0.1) is 0 Å². The monoisotopic (exact) mass is 296 g/mol. The Morgan fingerprint density at radius 3 is 2.57 bits per heavy atom. The van der Waals surface area contributed by atoms with Gasteiger partial charge in [0.15, 0.2) is 0 Å². The van der Waals surface area contributed by atoms with E-state index in [1.165, 1.54) is 0 Å². The third-order valence-electron chi connectivity index (χ3n) is 3.27. The van der Waals surface area contributed by atoms with Crippen LogP contribution in [0.2, 0.25) is 0 Å². The van der Waals surface area contributed by atoms with Gasteiger partial charge in [0.2, 0.25) is 17.8 Å². The maximum absolute atomic E-state index is 9.33. The molecule has 1 atom stereocenters. The SMILES string of the molecule is CCNc1nc(NC(CO)COC)nc(N2CCCC2)n1. The highest BCUT2D eigenvalue weighted by atomic mass is 16.5. The summed E-state index contributed by atoms with van der Waals surface area (Å²) in [5.74, 6) is 1.68. The molecule has 1 aliphatic heterocycles. The van der Waals surface area contributed by atoms with Gasteiger partial charge >= 0.3 is 0 Å². The second kappa shape index (κ2) is 7.94. The number of aliphatic hydroxyl groups is 1. The molecule has 118 valence electrons. The Morgan fingerprint density at radius 2 is 1.95 bits per heavy atom. The molecule has 1 unspecified atom stereocenters. The summed E-state index contributed by atoms with van der Waals surface area (Å²) in [5, 5.41) is 15.5. The first kappa shape index (κ1) is 15.7. The fourth-order valence-electron chi connectivity index (χ4n) is 2.25. The Labute approximate surface area is 125 Å². The Kier molecular flexibility index (Phi) is 5.94.